The lowest BCUT2D eigenvalue weighted by atomic mass is 9.76. The Hall–Kier alpha value is -3.33. The third-order valence-electron chi connectivity index (χ3n) is 6.06. The lowest BCUT2D eigenvalue weighted by Gasteiger charge is -2.34. The van der Waals surface area contributed by atoms with Crippen molar-refractivity contribution < 1.29 is 0 Å². The van der Waals surface area contributed by atoms with E-state index in [9.17, 15) is 0 Å². The molecule has 4 aromatic rings. The number of para-hydroxylation sites is 2. The number of pyridine rings is 1. The van der Waals surface area contributed by atoms with Gasteiger partial charge in [-0.05, 0) is 48.9 Å². The summed E-state index contributed by atoms with van der Waals surface area (Å²) >= 11 is 0. The van der Waals surface area contributed by atoms with E-state index in [1.807, 2.05) is 12.3 Å². The van der Waals surface area contributed by atoms with E-state index in [-0.39, 0.29) is 11.5 Å². The van der Waals surface area contributed by atoms with E-state index in [1.165, 1.54) is 27.5 Å². The van der Waals surface area contributed by atoms with Crippen molar-refractivity contribution in [3.63, 3.8) is 0 Å². The van der Waals surface area contributed by atoms with Crippen LogP contribution >= 0.6 is 0 Å². The average Bonchev–Trinajstić information content (AvgIpc) is 3.19. The van der Waals surface area contributed by atoms with Gasteiger partial charge in [0.05, 0.1) is 17.1 Å². The van der Waals surface area contributed by atoms with Crippen molar-refractivity contribution in [3.8, 4) is 0 Å². The third-order valence-corrected chi connectivity index (χ3v) is 6.06. The summed E-state index contributed by atoms with van der Waals surface area (Å²) in [7, 11) is 0. The maximum absolute atomic E-state index is 4.64. The molecule has 2 aliphatic rings. The van der Waals surface area contributed by atoms with Crippen LogP contribution in [0, 0.1) is 0 Å². The summed E-state index contributed by atoms with van der Waals surface area (Å²) in [6.45, 7) is 2.35. The molecule has 0 spiro atoms. The first-order valence-corrected chi connectivity index (χ1v) is 9.37. The lowest BCUT2D eigenvalue weighted by molar-refractivity contribution is 0.601. The summed E-state index contributed by atoms with van der Waals surface area (Å²) in [4.78, 5) is 10.7. The number of H-pyrrole nitrogens is 1. The Morgan fingerprint density at radius 2 is 1.78 bits per heavy atom. The van der Waals surface area contributed by atoms with Crippen molar-refractivity contribution in [3.05, 3.63) is 89.1 Å². The molecular weight excluding hydrogens is 330 g/mol. The molecule has 2 unspecified atom stereocenters. The second-order valence-corrected chi connectivity index (χ2v) is 7.61. The maximum atomic E-state index is 4.64. The van der Waals surface area contributed by atoms with Gasteiger partial charge in [0.25, 0.3) is 0 Å². The number of aromatic amines is 1. The van der Waals surface area contributed by atoms with Gasteiger partial charge in [0.1, 0.15) is 0 Å². The molecule has 3 nitrogen and oxygen atoms in total. The highest BCUT2D eigenvalue weighted by Gasteiger charge is 2.47. The first-order chi connectivity index (χ1) is 13.3. The van der Waals surface area contributed by atoms with E-state index >= 15 is 0 Å². The van der Waals surface area contributed by atoms with E-state index in [4.69, 9.17) is 0 Å². The van der Waals surface area contributed by atoms with Crippen LogP contribution in [0.2, 0.25) is 0 Å². The Morgan fingerprint density at radius 3 is 2.67 bits per heavy atom. The summed E-state index contributed by atoms with van der Waals surface area (Å²) < 4.78 is 0. The first-order valence-electron chi connectivity index (χ1n) is 9.37. The number of hydrogen-bond acceptors (Lipinski definition) is 2. The minimum absolute atomic E-state index is 0.105. The van der Waals surface area contributed by atoms with Crippen LogP contribution < -0.4 is 15.5 Å². The molecule has 0 saturated heterocycles. The van der Waals surface area contributed by atoms with Gasteiger partial charge < -0.3 is 9.88 Å². The average molecular weight is 349 g/mol. The molecule has 1 N–H and O–H groups in total. The highest BCUT2D eigenvalue weighted by atomic mass is 15.2. The Morgan fingerprint density at radius 1 is 0.963 bits per heavy atom. The van der Waals surface area contributed by atoms with Gasteiger partial charge >= 0.3 is 0 Å². The molecule has 2 aromatic carbocycles. The standard InChI is InChI=1S/C24H19N3/c1-24-15-17-20(26-19-11-7-13-25-23(17)19)14-22(24)27(16-8-3-2-4-9-16)21-12-6-5-10-18(21)24/h2-15,22,26H,1H3. The lowest BCUT2D eigenvalue weighted by Crippen LogP contribution is -2.46. The van der Waals surface area contributed by atoms with Crippen LogP contribution in [-0.4, -0.2) is 16.0 Å². The van der Waals surface area contributed by atoms with E-state index in [0.29, 0.717) is 0 Å². The summed E-state index contributed by atoms with van der Waals surface area (Å²) in [5.41, 5.74) is 5.92. The Bertz CT molecular complexity index is 1300. The topological polar surface area (TPSA) is 31.9 Å². The van der Waals surface area contributed by atoms with E-state index < -0.39 is 0 Å². The summed E-state index contributed by atoms with van der Waals surface area (Å²) in [6, 6.07) is 23.8. The van der Waals surface area contributed by atoms with Crippen LogP contribution in [-0.2, 0) is 5.41 Å². The molecule has 3 heterocycles. The molecule has 0 fully saturated rings. The van der Waals surface area contributed by atoms with Gasteiger partial charge in [0, 0.05) is 33.6 Å². The van der Waals surface area contributed by atoms with Gasteiger partial charge in [0.15, 0.2) is 0 Å². The number of nitrogens with one attached hydrogen (secondary N) is 1. The quantitative estimate of drug-likeness (QED) is 0.569. The van der Waals surface area contributed by atoms with Crippen LogP contribution in [0.15, 0.2) is 72.9 Å². The van der Waals surface area contributed by atoms with E-state index in [1.54, 1.807) is 0 Å². The van der Waals surface area contributed by atoms with Crippen molar-refractivity contribution >= 4 is 34.6 Å². The molecule has 2 aromatic heterocycles. The number of hydrogen-bond donors (Lipinski definition) is 1. The number of benzene rings is 2. The van der Waals surface area contributed by atoms with E-state index in [0.717, 1.165) is 11.0 Å². The molecule has 130 valence electrons. The highest BCUT2D eigenvalue weighted by molar-refractivity contribution is 5.86. The van der Waals surface area contributed by atoms with Crippen LogP contribution in [0.25, 0.3) is 23.2 Å². The third kappa shape index (κ3) is 1.89. The van der Waals surface area contributed by atoms with Crippen molar-refractivity contribution in [1.29, 1.82) is 0 Å². The van der Waals surface area contributed by atoms with Crippen LogP contribution in [0.1, 0.15) is 12.5 Å². The van der Waals surface area contributed by atoms with Crippen molar-refractivity contribution in [1.82, 2.24) is 9.97 Å². The van der Waals surface area contributed by atoms with Crippen molar-refractivity contribution in [2.45, 2.75) is 18.4 Å². The fourth-order valence-corrected chi connectivity index (χ4v) is 4.81. The monoisotopic (exact) mass is 349 g/mol. The Kier molecular flexibility index (Phi) is 2.80. The van der Waals surface area contributed by atoms with Gasteiger partial charge in [-0.1, -0.05) is 42.5 Å². The zero-order valence-corrected chi connectivity index (χ0v) is 15.1. The predicted molar refractivity (Wildman–Crippen MR) is 110 cm³/mol. The molecule has 27 heavy (non-hydrogen) atoms. The SMILES string of the molecule is CC12C=c3c([nH]c4cccnc34)=CC1N(c1ccccc1)c1ccccc12. The van der Waals surface area contributed by atoms with Gasteiger partial charge in [0.2, 0.25) is 0 Å². The van der Waals surface area contributed by atoms with Gasteiger partial charge in [-0.3, -0.25) is 4.98 Å². The van der Waals surface area contributed by atoms with Crippen LogP contribution in [0.3, 0.4) is 0 Å². The molecule has 3 heteroatoms. The molecule has 0 amide bonds. The number of rotatable bonds is 1. The molecule has 0 bridgehead atoms. The Labute approximate surface area is 157 Å². The second kappa shape index (κ2) is 5.10. The first kappa shape index (κ1) is 14.8. The molecule has 6 rings (SSSR count). The summed E-state index contributed by atoms with van der Waals surface area (Å²) in [5, 5.41) is 2.38. The van der Waals surface area contributed by atoms with Crippen molar-refractivity contribution in [2.24, 2.45) is 0 Å². The molecule has 2 atom stereocenters. The fourth-order valence-electron chi connectivity index (χ4n) is 4.81. The second-order valence-electron chi connectivity index (χ2n) is 7.61. The molecule has 1 aliphatic heterocycles. The van der Waals surface area contributed by atoms with Gasteiger partial charge in [-0.25, -0.2) is 0 Å². The smallest absolute Gasteiger partial charge is 0.0954 e. The zero-order chi connectivity index (χ0) is 18.0. The number of aromatic nitrogens is 2. The predicted octanol–water partition coefficient (Wildman–Crippen LogP) is 3.62. The Balaban J connectivity index is 1.70. The highest BCUT2D eigenvalue weighted by Crippen LogP contribution is 2.50. The molecule has 0 radical (unpaired) electrons. The zero-order valence-electron chi connectivity index (χ0n) is 15.1. The minimum atomic E-state index is -0.105. The fraction of sp³-hybridized carbons (Fsp3) is 0.125. The van der Waals surface area contributed by atoms with E-state index in [2.05, 4.69) is 94.6 Å². The number of nitrogens with zero attached hydrogens (tertiary/aromatic N) is 2. The van der Waals surface area contributed by atoms with Crippen molar-refractivity contribution in [2.75, 3.05) is 4.90 Å². The number of fused-ring (bicyclic) bond motifs is 6. The molecule has 0 saturated carbocycles. The maximum Gasteiger partial charge on any atom is 0.0954 e. The molecule has 1 aliphatic carbocycles. The minimum Gasteiger partial charge on any atom is -0.353 e. The molecular formula is C24H19N3. The summed E-state index contributed by atoms with van der Waals surface area (Å²) in [6.07, 6.45) is 6.67. The van der Waals surface area contributed by atoms with Crippen LogP contribution in [0.4, 0.5) is 11.4 Å². The summed E-state index contributed by atoms with van der Waals surface area (Å²) in [5.74, 6) is 0. The van der Waals surface area contributed by atoms with Crippen LogP contribution in [0.5, 0.6) is 0 Å². The van der Waals surface area contributed by atoms with Gasteiger partial charge in [-0.15, -0.1) is 0 Å². The normalized spacial score (nSPS) is 22.6. The largest absolute Gasteiger partial charge is 0.353 e. The number of anilines is 2. The van der Waals surface area contributed by atoms with Gasteiger partial charge in [-0.2, -0.15) is 0 Å².